The highest BCUT2D eigenvalue weighted by Gasteiger charge is 2.49. The number of likely N-dealkylation sites (tertiary alicyclic amines) is 2. The Balaban J connectivity index is 1.28. The van der Waals surface area contributed by atoms with Crippen molar-refractivity contribution in [1.82, 2.24) is 40.0 Å². The zero-order valence-corrected chi connectivity index (χ0v) is 41.7. The van der Waals surface area contributed by atoms with Gasteiger partial charge in [0.05, 0.1) is 46.9 Å². The number of aryl methyl sites for hydroxylation is 1. The van der Waals surface area contributed by atoms with Crippen LogP contribution in [0.5, 0.6) is 0 Å². The van der Waals surface area contributed by atoms with Crippen LogP contribution in [-0.4, -0.2) is 147 Å². The number of thiazole rings is 1. The van der Waals surface area contributed by atoms with E-state index in [9.17, 15) is 29.1 Å². The van der Waals surface area contributed by atoms with Crippen LogP contribution in [0.3, 0.4) is 0 Å². The highest BCUT2D eigenvalue weighted by molar-refractivity contribution is 7.10. The van der Waals surface area contributed by atoms with E-state index in [0.717, 1.165) is 33.3 Å². The Kier molecular flexibility index (Phi) is 14.8. The van der Waals surface area contributed by atoms with E-state index in [0.29, 0.717) is 48.9 Å². The van der Waals surface area contributed by atoms with E-state index in [1.165, 1.54) is 27.3 Å². The van der Waals surface area contributed by atoms with Crippen molar-refractivity contribution in [3.05, 3.63) is 70.9 Å². The molecule has 0 aliphatic carbocycles. The van der Waals surface area contributed by atoms with Gasteiger partial charge >= 0.3 is 12.0 Å². The SMILES string of the molecule is C=CC(=O)N1C[C@@H]2C[C@H]1CN2C(=O)N(C)[C@H](C(=O)N[C@H]1Cc2nc(cs2)-c2ccc3c(c2)c(c(/C(C=C)=C(/N=CC)[C@H](C)OC)n3CC)CC(C)(C)COC(=O)[C@@]2(O)CCCN(N2)C1=O)C(C)C. The quantitative estimate of drug-likeness (QED) is 0.0982. The van der Waals surface area contributed by atoms with Gasteiger partial charge < -0.3 is 39.2 Å². The molecule has 0 spiro atoms. The van der Waals surface area contributed by atoms with Gasteiger partial charge in [0.15, 0.2) is 0 Å². The summed E-state index contributed by atoms with van der Waals surface area (Å²) in [5.74, 6) is -2.61. The van der Waals surface area contributed by atoms with Gasteiger partial charge in [-0.05, 0) is 69.7 Å². The highest BCUT2D eigenvalue weighted by Crippen LogP contribution is 2.41. The number of piperazine rings is 1. The van der Waals surface area contributed by atoms with Crippen molar-refractivity contribution >= 4 is 63.7 Å². The normalized spacial score (nSPS) is 24.2. The summed E-state index contributed by atoms with van der Waals surface area (Å²) >= 11 is 1.35. The van der Waals surface area contributed by atoms with Crippen LogP contribution in [0.15, 0.2) is 59.6 Å². The van der Waals surface area contributed by atoms with Crippen molar-refractivity contribution in [2.45, 2.75) is 123 Å². The Labute approximate surface area is 402 Å². The number of amides is 5. The number of aliphatic hydroxyl groups is 1. The number of likely N-dealkylation sites (N-methyl/N-ethyl adjacent to an activating group) is 1. The summed E-state index contributed by atoms with van der Waals surface area (Å²) in [7, 11) is 3.22. The third-order valence-corrected chi connectivity index (χ3v) is 14.6. The van der Waals surface area contributed by atoms with Gasteiger partial charge in [0, 0.05) is 92.2 Å². The van der Waals surface area contributed by atoms with E-state index in [1.807, 2.05) is 59.1 Å². The van der Waals surface area contributed by atoms with Crippen molar-refractivity contribution in [3.8, 4) is 11.3 Å². The summed E-state index contributed by atoms with van der Waals surface area (Å²) in [6, 6.07) is 3.34. The van der Waals surface area contributed by atoms with Crippen LogP contribution in [0, 0.1) is 11.3 Å². The minimum atomic E-state index is -2.24. The molecule has 3 fully saturated rings. The second-order valence-corrected chi connectivity index (χ2v) is 20.4. The Hall–Kier alpha value is -5.69. The van der Waals surface area contributed by atoms with Crippen molar-refractivity contribution in [2.75, 3.05) is 40.4 Å². The number of hydrazine groups is 1. The number of nitrogens with one attached hydrogen (secondary N) is 2. The molecule has 0 radical (unpaired) electrons. The fraction of sp³-hybridized carbons (Fsp3) is 0.540. The number of carbonyl (C=O) groups excluding carboxylic acids is 5. The fourth-order valence-electron chi connectivity index (χ4n) is 10.3. The van der Waals surface area contributed by atoms with Crippen molar-refractivity contribution < 1.29 is 38.6 Å². The van der Waals surface area contributed by atoms with Crippen LogP contribution in [-0.2, 0) is 48.0 Å². The van der Waals surface area contributed by atoms with E-state index >= 15 is 0 Å². The Morgan fingerprint density at radius 1 is 1.15 bits per heavy atom. The summed E-state index contributed by atoms with van der Waals surface area (Å²) in [5, 5.41) is 19.5. The van der Waals surface area contributed by atoms with Crippen LogP contribution in [0.2, 0.25) is 0 Å². The average Bonchev–Trinajstić information content (AvgIpc) is 4.12. The largest absolute Gasteiger partial charge is 0.462 e. The molecule has 18 heteroatoms. The molecule has 3 N–H and O–H groups in total. The molecule has 5 amide bonds. The molecule has 3 aromatic rings. The molecule has 3 saturated heterocycles. The molecule has 7 rings (SSSR count). The van der Waals surface area contributed by atoms with Crippen LogP contribution in [0.25, 0.3) is 27.7 Å². The van der Waals surface area contributed by atoms with Crippen molar-refractivity contribution in [2.24, 2.45) is 16.3 Å². The number of aliphatic imine (C=N–C) groups is 1. The Morgan fingerprint density at radius 3 is 2.50 bits per heavy atom. The van der Waals surface area contributed by atoms with Crippen LogP contribution in [0.1, 0.15) is 84.0 Å². The lowest BCUT2D eigenvalue weighted by Crippen LogP contribution is -2.67. The predicted octanol–water partition coefficient (Wildman–Crippen LogP) is 5.32. The standard InChI is InChI=1S/C50H67N9O8S/c1-12-34(42(51-14-3)30(7)66-11)44-36-24-49(8,9)28-67-47(63)50(65)19-16-20-59(54-50)46(62)37(23-40-52-38(27-68-40)31-17-18-39(35(36)21-31)56(44)15-4)53-45(61)43(29(5)6)55(10)48(64)58-26-32-22-33(58)25-57(32)41(60)13-2/h12-14,17-18,21,27,29-30,32-33,37,43,54,65H,1-2,15-16,19-20,22-26,28H2,3-11H3,(H,53,61)/b42-34+,51-14?/t30-,32-,33-,37-,43-,50-/m0/s1. The number of ether oxygens (including phenoxy) is 2. The maximum atomic E-state index is 14.7. The monoisotopic (exact) mass is 953 g/mol. The number of hydrogen-bond donors (Lipinski definition) is 3. The molecular weight excluding hydrogens is 887 g/mol. The van der Waals surface area contributed by atoms with E-state index in [2.05, 4.69) is 47.5 Å². The van der Waals surface area contributed by atoms with E-state index in [-0.39, 0.29) is 68.5 Å². The number of cyclic esters (lactones) is 1. The summed E-state index contributed by atoms with van der Waals surface area (Å²) < 4.78 is 14.0. The number of hydrogen-bond acceptors (Lipinski definition) is 12. The Bertz CT molecular complexity index is 2540. The van der Waals surface area contributed by atoms with Gasteiger partial charge in [-0.2, -0.15) is 5.43 Å². The molecular formula is C50H67N9O8S. The van der Waals surface area contributed by atoms with Crippen molar-refractivity contribution in [3.63, 3.8) is 0 Å². The van der Waals surface area contributed by atoms with Gasteiger partial charge in [-0.1, -0.05) is 53.0 Å². The number of aromatic nitrogens is 2. The molecule has 17 nitrogen and oxygen atoms in total. The zero-order chi connectivity index (χ0) is 49.4. The lowest BCUT2D eigenvalue weighted by Gasteiger charge is -2.41. The number of methoxy groups -OCH3 is 1. The van der Waals surface area contributed by atoms with E-state index in [1.54, 1.807) is 30.2 Å². The summed E-state index contributed by atoms with van der Waals surface area (Å²) in [4.78, 5) is 84.5. The molecule has 4 aliphatic rings. The zero-order valence-electron chi connectivity index (χ0n) is 40.8. The Morgan fingerprint density at radius 2 is 1.87 bits per heavy atom. The number of esters is 1. The minimum Gasteiger partial charge on any atom is -0.462 e. The highest BCUT2D eigenvalue weighted by atomic mass is 32.1. The van der Waals surface area contributed by atoms with Gasteiger partial charge in [-0.25, -0.2) is 14.6 Å². The molecule has 6 heterocycles. The first-order valence-corrected chi connectivity index (χ1v) is 24.4. The number of urea groups is 1. The van der Waals surface area contributed by atoms with Gasteiger partial charge in [-0.3, -0.25) is 24.4 Å². The van der Waals surface area contributed by atoms with Crippen LogP contribution < -0.4 is 10.7 Å². The second-order valence-electron chi connectivity index (χ2n) is 19.4. The lowest BCUT2D eigenvalue weighted by atomic mass is 9.84. The molecule has 0 saturated carbocycles. The molecule has 2 aromatic heterocycles. The van der Waals surface area contributed by atoms with E-state index < -0.39 is 41.0 Å². The molecule has 4 aliphatic heterocycles. The molecule has 8 bridgehead atoms. The number of fused-ring (bicyclic) bond motifs is 8. The second kappa shape index (κ2) is 20.1. The number of carbonyl (C=O) groups is 5. The van der Waals surface area contributed by atoms with E-state index in [4.69, 9.17) is 19.5 Å². The topological polar surface area (TPSA) is 191 Å². The summed E-state index contributed by atoms with van der Waals surface area (Å²) in [5.41, 5.74) is 5.79. The molecule has 0 unspecified atom stereocenters. The third-order valence-electron chi connectivity index (χ3n) is 13.7. The van der Waals surface area contributed by atoms with Crippen LogP contribution in [0.4, 0.5) is 4.79 Å². The first-order valence-electron chi connectivity index (χ1n) is 23.5. The van der Waals surface area contributed by atoms with Gasteiger partial charge in [0.25, 0.3) is 5.91 Å². The molecule has 6 atom stereocenters. The molecule has 1 aromatic carbocycles. The smallest absolute Gasteiger partial charge is 0.355 e. The number of allylic oxidation sites excluding steroid dienone is 2. The van der Waals surface area contributed by atoms with Gasteiger partial charge in [0.1, 0.15) is 12.1 Å². The minimum absolute atomic E-state index is 0.0219. The number of benzene rings is 1. The predicted molar refractivity (Wildman–Crippen MR) is 262 cm³/mol. The summed E-state index contributed by atoms with van der Waals surface area (Å²) in [6.45, 7) is 22.8. The maximum Gasteiger partial charge on any atom is 0.355 e. The summed E-state index contributed by atoms with van der Waals surface area (Å²) in [6.07, 6.45) is 5.79. The number of rotatable bonds is 11. The molecule has 68 heavy (non-hydrogen) atoms. The van der Waals surface area contributed by atoms with Gasteiger partial charge in [-0.15, -0.1) is 11.3 Å². The third kappa shape index (κ3) is 9.65. The lowest BCUT2D eigenvalue weighted by molar-refractivity contribution is -0.189. The van der Waals surface area contributed by atoms with Crippen molar-refractivity contribution in [1.29, 1.82) is 0 Å². The molecule has 366 valence electrons. The average molecular weight is 954 g/mol. The fourth-order valence-corrected chi connectivity index (χ4v) is 11.2. The van der Waals surface area contributed by atoms with Crippen LogP contribution >= 0.6 is 11.3 Å². The maximum absolute atomic E-state index is 14.7. The first-order chi connectivity index (χ1) is 32.3. The number of nitrogens with zero attached hydrogens (tertiary/aromatic N) is 7. The first kappa shape index (κ1) is 50.2. The van der Waals surface area contributed by atoms with Gasteiger partial charge in [0.2, 0.25) is 17.5 Å².